The fourth-order valence-corrected chi connectivity index (χ4v) is 2.17. The fraction of sp³-hybridized carbons (Fsp3) is 0.571. The lowest BCUT2D eigenvalue weighted by Crippen LogP contribution is -2.25. The van der Waals surface area contributed by atoms with E-state index in [9.17, 15) is 0 Å². The van der Waals surface area contributed by atoms with Crippen LogP contribution in [0.1, 0.15) is 44.7 Å². The second-order valence-corrected chi connectivity index (χ2v) is 4.20. The molecule has 0 amide bonds. The van der Waals surface area contributed by atoms with Crippen molar-refractivity contribution in [3.63, 3.8) is 0 Å². The van der Waals surface area contributed by atoms with Crippen molar-refractivity contribution in [2.24, 2.45) is 0 Å². The lowest BCUT2D eigenvalue weighted by molar-refractivity contribution is 0.626. The van der Waals surface area contributed by atoms with E-state index < -0.39 is 0 Å². The smallest absolute Gasteiger partial charge is 0.0402 e. The zero-order valence-electron chi connectivity index (χ0n) is 10.8. The summed E-state index contributed by atoms with van der Waals surface area (Å²) < 4.78 is 0. The Morgan fingerprint density at radius 3 is 2.33 bits per heavy atom. The molecule has 0 saturated carbocycles. The van der Waals surface area contributed by atoms with Gasteiger partial charge in [-0.1, -0.05) is 38.5 Å². The first-order valence-electron chi connectivity index (χ1n) is 5.94. The lowest BCUT2D eigenvalue weighted by Gasteiger charge is -2.20. The molecule has 1 heteroatoms. The normalized spacial score (nSPS) is 23.2. The van der Waals surface area contributed by atoms with Crippen molar-refractivity contribution in [1.82, 2.24) is 0 Å². The molecule has 0 N–H and O–H groups in total. The van der Waals surface area contributed by atoms with Crippen molar-refractivity contribution < 1.29 is 0 Å². The molecule has 1 nitrogen and oxygen atoms in total. The minimum Gasteiger partial charge on any atom is -0.371 e. The molecule has 0 saturated heterocycles. The highest BCUT2D eigenvalue weighted by molar-refractivity contribution is 5.61. The van der Waals surface area contributed by atoms with Gasteiger partial charge in [-0.05, 0) is 25.5 Å². The van der Waals surface area contributed by atoms with E-state index in [2.05, 4.69) is 50.9 Å². The molecule has 0 fully saturated rings. The van der Waals surface area contributed by atoms with Crippen LogP contribution >= 0.6 is 0 Å². The average molecular weight is 205 g/mol. The van der Waals surface area contributed by atoms with Gasteiger partial charge < -0.3 is 4.90 Å². The molecule has 1 aromatic rings. The van der Waals surface area contributed by atoms with Crippen molar-refractivity contribution in [2.45, 2.75) is 46.6 Å². The molecular formula is C14H23N. The van der Waals surface area contributed by atoms with Gasteiger partial charge in [-0.2, -0.15) is 0 Å². The molecule has 2 unspecified atom stereocenters. The number of benzene rings is 1. The molecular weight excluding hydrogens is 182 g/mol. The zero-order valence-corrected chi connectivity index (χ0v) is 10.8. The molecule has 0 aromatic heterocycles. The van der Waals surface area contributed by atoms with E-state index in [0.717, 1.165) is 0 Å². The van der Waals surface area contributed by atoms with Crippen LogP contribution in [0.3, 0.4) is 0 Å². The van der Waals surface area contributed by atoms with Crippen LogP contribution in [0.25, 0.3) is 0 Å². The van der Waals surface area contributed by atoms with Gasteiger partial charge in [-0.25, -0.2) is 0 Å². The molecule has 2 rings (SSSR count). The summed E-state index contributed by atoms with van der Waals surface area (Å²) in [4.78, 5) is 2.37. The fourth-order valence-electron chi connectivity index (χ4n) is 2.17. The monoisotopic (exact) mass is 205 g/mol. The molecule has 1 aliphatic heterocycles. The Morgan fingerprint density at radius 2 is 1.73 bits per heavy atom. The lowest BCUT2D eigenvalue weighted by atomic mass is 9.97. The Bertz CT molecular complexity index is 330. The molecule has 2 atom stereocenters. The van der Waals surface area contributed by atoms with Crippen LogP contribution in [0.2, 0.25) is 0 Å². The molecule has 0 aliphatic carbocycles. The summed E-state index contributed by atoms with van der Waals surface area (Å²) in [5.41, 5.74) is 4.29. The molecule has 0 radical (unpaired) electrons. The molecule has 15 heavy (non-hydrogen) atoms. The third kappa shape index (κ3) is 2.01. The summed E-state index contributed by atoms with van der Waals surface area (Å²) in [5, 5.41) is 0. The Hall–Kier alpha value is -0.980. The van der Waals surface area contributed by atoms with Crippen LogP contribution in [0.15, 0.2) is 18.2 Å². The minimum atomic E-state index is 0.636. The first kappa shape index (κ1) is 12.1. The van der Waals surface area contributed by atoms with Crippen LogP contribution in [0.5, 0.6) is 0 Å². The topological polar surface area (TPSA) is 3.24 Å². The van der Waals surface area contributed by atoms with E-state index in [-0.39, 0.29) is 0 Å². The van der Waals surface area contributed by atoms with Crippen LogP contribution < -0.4 is 4.90 Å². The highest BCUT2D eigenvalue weighted by Crippen LogP contribution is 2.39. The van der Waals surface area contributed by atoms with E-state index in [4.69, 9.17) is 0 Å². The first-order chi connectivity index (χ1) is 7.11. The summed E-state index contributed by atoms with van der Waals surface area (Å²) in [5.74, 6) is 0.667. The predicted octanol–water partition coefficient (Wildman–Crippen LogP) is 3.96. The third-order valence-corrected chi connectivity index (χ3v) is 3.39. The van der Waals surface area contributed by atoms with Gasteiger partial charge in [0.1, 0.15) is 0 Å². The van der Waals surface area contributed by atoms with Gasteiger partial charge in [-0.15, -0.1) is 0 Å². The van der Waals surface area contributed by atoms with Gasteiger partial charge in [0.05, 0.1) is 0 Å². The SMILES string of the molecule is CC.Cc1ccc2c(c1)C(C)C(C)N2C. The number of likely N-dealkylation sites (N-methyl/N-ethyl adjacent to an activating group) is 1. The van der Waals surface area contributed by atoms with Crippen molar-refractivity contribution in [1.29, 1.82) is 0 Å². The predicted molar refractivity (Wildman–Crippen MR) is 68.8 cm³/mol. The van der Waals surface area contributed by atoms with Gasteiger partial charge >= 0.3 is 0 Å². The van der Waals surface area contributed by atoms with Crippen molar-refractivity contribution in [2.75, 3.05) is 11.9 Å². The number of hydrogen-bond donors (Lipinski definition) is 0. The van der Waals surface area contributed by atoms with Gasteiger partial charge in [0.25, 0.3) is 0 Å². The molecule has 84 valence electrons. The minimum absolute atomic E-state index is 0.636. The average Bonchev–Trinajstić information content (AvgIpc) is 2.47. The number of nitrogens with zero attached hydrogens (tertiary/aromatic N) is 1. The first-order valence-corrected chi connectivity index (χ1v) is 5.94. The van der Waals surface area contributed by atoms with Gasteiger partial charge in [-0.3, -0.25) is 0 Å². The summed E-state index contributed by atoms with van der Waals surface area (Å²) in [6, 6.07) is 7.39. The Labute approximate surface area is 94.1 Å². The molecule has 1 heterocycles. The van der Waals surface area contributed by atoms with E-state index in [1.165, 1.54) is 16.8 Å². The molecule has 1 aromatic carbocycles. The highest BCUT2D eigenvalue weighted by atomic mass is 15.2. The van der Waals surface area contributed by atoms with Crippen LogP contribution in [0, 0.1) is 6.92 Å². The summed E-state index contributed by atoms with van der Waals surface area (Å²) >= 11 is 0. The Balaban J connectivity index is 0.000000531. The van der Waals surface area contributed by atoms with E-state index in [1.807, 2.05) is 13.8 Å². The molecule has 0 spiro atoms. The maximum Gasteiger partial charge on any atom is 0.0402 e. The van der Waals surface area contributed by atoms with E-state index in [0.29, 0.717) is 12.0 Å². The maximum atomic E-state index is 2.37. The van der Waals surface area contributed by atoms with E-state index in [1.54, 1.807) is 0 Å². The maximum absolute atomic E-state index is 2.37. The number of hydrogen-bond acceptors (Lipinski definition) is 1. The van der Waals surface area contributed by atoms with Gasteiger partial charge in [0.2, 0.25) is 0 Å². The van der Waals surface area contributed by atoms with Crippen molar-refractivity contribution in [3.05, 3.63) is 29.3 Å². The Kier molecular flexibility index (Phi) is 3.78. The Morgan fingerprint density at radius 1 is 1.13 bits per heavy atom. The summed E-state index contributed by atoms with van der Waals surface area (Å²) in [6.07, 6.45) is 0. The largest absolute Gasteiger partial charge is 0.371 e. The number of aryl methyl sites for hydroxylation is 1. The summed E-state index contributed by atoms with van der Waals surface area (Å²) in [6.45, 7) is 10.8. The van der Waals surface area contributed by atoms with Crippen LogP contribution in [-0.4, -0.2) is 13.1 Å². The van der Waals surface area contributed by atoms with Crippen molar-refractivity contribution in [3.8, 4) is 0 Å². The van der Waals surface area contributed by atoms with Gasteiger partial charge in [0, 0.05) is 24.7 Å². The second-order valence-electron chi connectivity index (χ2n) is 4.20. The quantitative estimate of drug-likeness (QED) is 0.619. The second kappa shape index (κ2) is 4.69. The van der Waals surface area contributed by atoms with Gasteiger partial charge in [0.15, 0.2) is 0 Å². The van der Waals surface area contributed by atoms with Crippen molar-refractivity contribution >= 4 is 5.69 Å². The zero-order chi connectivity index (χ0) is 11.6. The van der Waals surface area contributed by atoms with Crippen LogP contribution in [-0.2, 0) is 0 Å². The molecule has 0 bridgehead atoms. The third-order valence-electron chi connectivity index (χ3n) is 3.39. The van der Waals surface area contributed by atoms with Crippen LogP contribution in [0.4, 0.5) is 5.69 Å². The standard InChI is InChI=1S/C12H17N.C2H6/c1-8-5-6-12-11(7-8)9(2)10(3)13(12)4;1-2/h5-7,9-10H,1-4H3;1-2H3. The number of rotatable bonds is 0. The number of anilines is 1. The highest BCUT2D eigenvalue weighted by Gasteiger charge is 2.29. The summed E-state index contributed by atoms with van der Waals surface area (Å²) in [7, 11) is 2.18. The van der Waals surface area contributed by atoms with E-state index >= 15 is 0 Å². The number of fused-ring (bicyclic) bond motifs is 1. The molecule has 1 aliphatic rings.